The molecule has 0 saturated carbocycles. The monoisotopic (exact) mass is 389 g/mol. The summed E-state index contributed by atoms with van der Waals surface area (Å²) in [5.41, 5.74) is 0.525. The molecular formula is C24H23NO4. The van der Waals surface area contributed by atoms with Crippen LogP contribution in [0.15, 0.2) is 60.7 Å². The topological polar surface area (TPSA) is 56.8 Å². The number of hydrogen-bond donors (Lipinski definition) is 1. The van der Waals surface area contributed by atoms with Gasteiger partial charge in [-0.3, -0.25) is 4.79 Å². The Kier molecular flexibility index (Phi) is 6.96. The van der Waals surface area contributed by atoms with Gasteiger partial charge in [0.05, 0.1) is 25.8 Å². The molecule has 0 aliphatic carbocycles. The van der Waals surface area contributed by atoms with Crippen molar-refractivity contribution in [1.82, 2.24) is 5.32 Å². The van der Waals surface area contributed by atoms with E-state index in [1.807, 2.05) is 67.6 Å². The average Bonchev–Trinajstić information content (AvgIpc) is 2.76. The molecule has 0 heterocycles. The molecule has 0 spiro atoms. The highest BCUT2D eigenvalue weighted by atomic mass is 16.5. The molecule has 29 heavy (non-hydrogen) atoms. The minimum absolute atomic E-state index is 0.203. The van der Waals surface area contributed by atoms with Gasteiger partial charge in [0.15, 0.2) is 11.5 Å². The second-order valence-corrected chi connectivity index (χ2v) is 6.07. The molecule has 5 heteroatoms. The van der Waals surface area contributed by atoms with E-state index in [-0.39, 0.29) is 19.1 Å². The lowest BCUT2D eigenvalue weighted by Gasteiger charge is -2.12. The smallest absolute Gasteiger partial charge is 0.256 e. The molecule has 3 aromatic carbocycles. The number of nitrogens with one attached hydrogen (secondary N) is 1. The van der Waals surface area contributed by atoms with Crippen LogP contribution < -0.4 is 19.5 Å². The second kappa shape index (κ2) is 10.0. The van der Waals surface area contributed by atoms with Crippen molar-refractivity contribution in [3.63, 3.8) is 0 Å². The van der Waals surface area contributed by atoms with Gasteiger partial charge < -0.3 is 19.5 Å². The zero-order chi connectivity index (χ0) is 20.5. The first-order valence-electron chi connectivity index (χ1n) is 9.39. The summed E-state index contributed by atoms with van der Waals surface area (Å²) in [5.74, 6) is 7.43. The third-order valence-corrected chi connectivity index (χ3v) is 4.25. The second-order valence-electron chi connectivity index (χ2n) is 6.07. The number of amides is 1. The summed E-state index contributed by atoms with van der Waals surface area (Å²) >= 11 is 0. The van der Waals surface area contributed by atoms with Gasteiger partial charge in [-0.1, -0.05) is 54.3 Å². The van der Waals surface area contributed by atoms with Crippen LogP contribution in [0.4, 0.5) is 0 Å². The first kappa shape index (κ1) is 20.1. The Morgan fingerprint density at radius 3 is 2.45 bits per heavy atom. The number of carbonyl (C=O) groups excluding carboxylic acids is 1. The van der Waals surface area contributed by atoms with E-state index in [0.717, 1.165) is 10.8 Å². The van der Waals surface area contributed by atoms with Crippen LogP contribution in [-0.4, -0.2) is 32.8 Å². The van der Waals surface area contributed by atoms with Crippen LogP contribution in [0, 0.1) is 11.8 Å². The van der Waals surface area contributed by atoms with E-state index in [1.54, 1.807) is 7.11 Å². The average molecular weight is 389 g/mol. The number of carbonyl (C=O) groups is 1. The molecule has 0 aliphatic heterocycles. The molecule has 0 atom stereocenters. The van der Waals surface area contributed by atoms with Crippen LogP contribution in [0.5, 0.6) is 17.2 Å². The van der Waals surface area contributed by atoms with Crippen molar-refractivity contribution >= 4 is 16.7 Å². The van der Waals surface area contributed by atoms with Gasteiger partial charge in [0.25, 0.3) is 5.91 Å². The molecule has 0 bridgehead atoms. The van der Waals surface area contributed by atoms with E-state index >= 15 is 0 Å². The summed E-state index contributed by atoms with van der Waals surface area (Å²) in [6, 6.07) is 18.9. The van der Waals surface area contributed by atoms with Crippen molar-refractivity contribution in [3.8, 4) is 29.1 Å². The van der Waals surface area contributed by atoms with Crippen molar-refractivity contribution in [3.05, 3.63) is 66.2 Å². The quantitative estimate of drug-likeness (QED) is 0.619. The van der Waals surface area contributed by atoms with Crippen LogP contribution in [0.1, 0.15) is 17.3 Å². The molecule has 0 radical (unpaired) electrons. The number of rotatable bonds is 7. The fraction of sp³-hybridized carbons (Fsp3) is 0.208. The molecule has 148 valence electrons. The lowest BCUT2D eigenvalue weighted by atomic mass is 10.0. The summed E-state index contributed by atoms with van der Waals surface area (Å²) in [5, 5.41) is 4.67. The van der Waals surface area contributed by atoms with Crippen LogP contribution >= 0.6 is 0 Å². The van der Waals surface area contributed by atoms with Gasteiger partial charge >= 0.3 is 0 Å². The van der Waals surface area contributed by atoms with Crippen molar-refractivity contribution < 1.29 is 19.0 Å². The van der Waals surface area contributed by atoms with Crippen LogP contribution in [0.25, 0.3) is 10.8 Å². The number of methoxy groups -OCH3 is 1. The highest BCUT2D eigenvalue weighted by molar-refractivity contribution is 6.09. The Morgan fingerprint density at radius 2 is 1.66 bits per heavy atom. The Morgan fingerprint density at radius 1 is 0.897 bits per heavy atom. The summed E-state index contributed by atoms with van der Waals surface area (Å²) in [7, 11) is 1.59. The summed E-state index contributed by atoms with van der Waals surface area (Å²) < 4.78 is 16.5. The minimum atomic E-state index is -0.217. The zero-order valence-corrected chi connectivity index (χ0v) is 16.5. The maximum absolute atomic E-state index is 12.8. The fourth-order valence-corrected chi connectivity index (χ4v) is 2.94. The molecule has 0 saturated heterocycles. The minimum Gasteiger partial charge on any atom is -0.493 e. The van der Waals surface area contributed by atoms with E-state index in [4.69, 9.17) is 14.2 Å². The lowest BCUT2D eigenvalue weighted by molar-refractivity contribution is 0.0956. The van der Waals surface area contributed by atoms with Crippen LogP contribution in [0.3, 0.4) is 0 Å². The van der Waals surface area contributed by atoms with Gasteiger partial charge in [0, 0.05) is 0 Å². The highest BCUT2D eigenvalue weighted by Gasteiger charge is 2.15. The van der Waals surface area contributed by atoms with Crippen molar-refractivity contribution in [2.75, 3.05) is 26.9 Å². The van der Waals surface area contributed by atoms with Gasteiger partial charge in [0.2, 0.25) is 0 Å². The third-order valence-electron chi connectivity index (χ3n) is 4.25. The molecular weight excluding hydrogens is 366 g/mol. The number of benzene rings is 3. The van der Waals surface area contributed by atoms with Crippen LogP contribution in [-0.2, 0) is 0 Å². The Balaban J connectivity index is 1.63. The predicted molar refractivity (Wildman–Crippen MR) is 114 cm³/mol. The van der Waals surface area contributed by atoms with E-state index in [1.165, 1.54) is 0 Å². The lowest BCUT2D eigenvalue weighted by Crippen LogP contribution is -2.24. The Hall–Kier alpha value is -3.65. The number of fused-ring (bicyclic) bond motifs is 1. The summed E-state index contributed by atoms with van der Waals surface area (Å²) in [6.45, 7) is 2.79. The van der Waals surface area contributed by atoms with Gasteiger partial charge in [-0.2, -0.15) is 0 Å². The van der Waals surface area contributed by atoms with E-state index < -0.39 is 0 Å². The highest BCUT2D eigenvalue weighted by Crippen LogP contribution is 2.28. The molecule has 1 amide bonds. The normalized spacial score (nSPS) is 10.0. The largest absolute Gasteiger partial charge is 0.493 e. The Labute approximate surface area is 170 Å². The zero-order valence-electron chi connectivity index (χ0n) is 16.5. The van der Waals surface area contributed by atoms with Crippen molar-refractivity contribution in [2.45, 2.75) is 6.92 Å². The van der Waals surface area contributed by atoms with Crippen molar-refractivity contribution in [2.24, 2.45) is 0 Å². The van der Waals surface area contributed by atoms with Crippen molar-refractivity contribution in [1.29, 1.82) is 0 Å². The SMILES string of the molecule is CCOc1ccc2ccccc2c1C(=O)NCC#CCOc1ccccc1OC. The molecule has 0 aliphatic rings. The number of hydrogen-bond acceptors (Lipinski definition) is 4. The molecule has 3 rings (SSSR count). The van der Waals surface area contributed by atoms with E-state index in [0.29, 0.717) is 29.4 Å². The molecule has 0 fully saturated rings. The number of ether oxygens (including phenoxy) is 3. The first-order valence-corrected chi connectivity index (χ1v) is 9.39. The molecule has 3 aromatic rings. The summed E-state index contributed by atoms with van der Waals surface area (Å²) in [4.78, 5) is 12.8. The predicted octanol–water partition coefficient (Wildman–Crippen LogP) is 4.06. The fourth-order valence-electron chi connectivity index (χ4n) is 2.94. The third kappa shape index (κ3) is 4.99. The molecule has 0 aromatic heterocycles. The number of para-hydroxylation sites is 2. The molecule has 1 N–H and O–H groups in total. The maximum Gasteiger partial charge on any atom is 0.256 e. The van der Waals surface area contributed by atoms with E-state index in [2.05, 4.69) is 17.2 Å². The van der Waals surface area contributed by atoms with Gasteiger partial charge in [-0.25, -0.2) is 0 Å². The standard InChI is InChI=1S/C24H23NO4/c1-3-28-22-15-14-18-10-4-5-11-19(18)23(22)24(26)25-16-8-9-17-29-21-13-7-6-12-20(21)27-2/h4-7,10-15H,3,16-17H2,1-2H3,(H,25,26). The first-order chi connectivity index (χ1) is 14.2. The summed E-state index contributed by atoms with van der Waals surface area (Å²) in [6.07, 6.45) is 0. The van der Waals surface area contributed by atoms with E-state index in [9.17, 15) is 4.79 Å². The molecule has 5 nitrogen and oxygen atoms in total. The molecule has 0 unspecified atom stereocenters. The van der Waals surface area contributed by atoms with Crippen LogP contribution in [0.2, 0.25) is 0 Å². The Bertz CT molecular complexity index is 1050. The van der Waals surface area contributed by atoms with Gasteiger partial charge in [-0.05, 0) is 35.9 Å². The maximum atomic E-state index is 12.8. The van der Waals surface area contributed by atoms with Gasteiger partial charge in [0.1, 0.15) is 12.4 Å². The van der Waals surface area contributed by atoms with Gasteiger partial charge in [-0.15, -0.1) is 0 Å².